The highest BCUT2D eigenvalue weighted by molar-refractivity contribution is 5.91. The molecule has 1 aromatic rings. The molecule has 0 radical (unpaired) electrons. The Balaban J connectivity index is 2.30. The normalized spacial score (nSPS) is 23.1. The van der Waals surface area contributed by atoms with Gasteiger partial charge in [0.25, 0.3) is 5.91 Å². The number of piperidine rings is 1. The van der Waals surface area contributed by atoms with Crippen molar-refractivity contribution in [3.05, 3.63) is 23.9 Å². The first-order valence-corrected chi connectivity index (χ1v) is 6.25. The van der Waals surface area contributed by atoms with Crippen molar-refractivity contribution in [1.82, 2.24) is 4.98 Å². The zero-order valence-corrected chi connectivity index (χ0v) is 10.7. The van der Waals surface area contributed by atoms with Gasteiger partial charge in [-0.3, -0.25) is 4.79 Å². The highest BCUT2D eigenvalue weighted by Crippen LogP contribution is 2.27. The zero-order chi connectivity index (χ0) is 14.0. The average molecular weight is 263 g/mol. The van der Waals surface area contributed by atoms with Crippen LogP contribution in [0.2, 0.25) is 0 Å². The van der Waals surface area contributed by atoms with Gasteiger partial charge >= 0.3 is 5.97 Å². The van der Waals surface area contributed by atoms with Crippen LogP contribution in [-0.2, 0) is 4.79 Å². The molecule has 1 aromatic heterocycles. The van der Waals surface area contributed by atoms with Gasteiger partial charge in [-0.25, -0.2) is 9.78 Å². The number of carboxylic acid groups (broad SMARTS) is 1. The quantitative estimate of drug-likeness (QED) is 0.843. The van der Waals surface area contributed by atoms with Gasteiger partial charge in [-0.05, 0) is 30.9 Å². The van der Waals surface area contributed by atoms with Crippen LogP contribution in [0.25, 0.3) is 0 Å². The summed E-state index contributed by atoms with van der Waals surface area (Å²) >= 11 is 0. The Kier molecular flexibility index (Phi) is 3.69. The van der Waals surface area contributed by atoms with Crippen LogP contribution in [0.5, 0.6) is 0 Å². The SMILES string of the molecule is CC1CCN(c2cccc(C(N)=O)n2)C(C(=O)O)C1. The fourth-order valence-electron chi connectivity index (χ4n) is 2.37. The molecule has 1 amide bonds. The van der Waals surface area contributed by atoms with Crippen LogP contribution in [0.3, 0.4) is 0 Å². The fourth-order valence-corrected chi connectivity index (χ4v) is 2.37. The van der Waals surface area contributed by atoms with Crippen LogP contribution < -0.4 is 10.6 Å². The summed E-state index contributed by atoms with van der Waals surface area (Å²) in [5, 5.41) is 9.31. The molecule has 0 bridgehead atoms. The van der Waals surface area contributed by atoms with Gasteiger partial charge in [0.1, 0.15) is 17.6 Å². The lowest BCUT2D eigenvalue weighted by atomic mass is 9.92. The van der Waals surface area contributed by atoms with E-state index in [9.17, 15) is 14.7 Å². The van der Waals surface area contributed by atoms with Gasteiger partial charge < -0.3 is 15.7 Å². The fraction of sp³-hybridized carbons (Fsp3) is 0.462. The predicted molar refractivity (Wildman–Crippen MR) is 69.9 cm³/mol. The van der Waals surface area contributed by atoms with Crippen molar-refractivity contribution >= 4 is 17.7 Å². The molecule has 0 saturated carbocycles. The number of aliphatic carboxylic acids is 1. The molecule has 1 saturated heterocycles. The number of nitrogens with two attached hydrogens (primary N) is 1. The van der Waals surface area contributed by atoms with E-state index in [4.69, 9.17) is 5.73 Å². The Bertz CT molecular complexity index is 504. The van der Waals surface area contributed by atoms with Crippen molar-refractivity contribution < 1.29 is 14.7 Å². The van der Waals surface area contributed by atoms with Gasteiger partial charge in [-0.1, -0.05) is 13.0 Å². The number of aromatic nitrogens is 1. The molecule has 19 heavy (non-hydrogen) atoms. The van der Waals surface area contributed by atoms with E-state index in [0.717, 1.165) is 6.42 Å². The first-order chi connectivity index (χ1) is 8.99. The average Bonchev–Trinajstić information content (AvgIpc) is 2.38. The van der Waals surface area contributed by atoms with Gasteiger partial charge in [0, 0.05) is 6.54 Å². The van der Waals surface area contributed by atoms with Crippen LogP contribution in [0, 0.1) is 5.92 Å². The second-order valence-electron chi connectivity index (χ2n) is 4.92. The Morgan fingerprint density at radius 1 is 1.47 bits per heavy atom. The zero-order valence-electron chi connectivity index (χ0n) is 10.7. The van der Waals surface area contributed by atoms with Crippen LogP contribution in [0.4, 0.5) is 5.82 Å². The van der Waals surface area contributed by atoms with E-state index in [-0.39, 0.29) is 5.69 Å². The molecule has 6 nitrogen and oxygen atoms in total. The number of carbonyl (C=O) groups excluding carboxylic acids is 1. The number of carboxylic acids is 1. The van der Waals surface area contributed by atoms with E-state index in [1.165, 1.54) is 6.07 Å². The molecule has 1 aliphatic rings. The number of amides is 1. The molecular formula is C13H17N3O3. The summed E-state index contributed by atoms with van der Waals surface area (Å²) in [6.45, 7) is 2.66. The number of rotatable bonds is 3. The number of carbonyl (C=O) groups is 2. The van der Waals surface area contributed by atoms with Crippen LogP contribution in [0.1, 0.15) is 30.3 Å². The van der Waals surface area contributed by atoms with Crippen LogP contribution in [-0.4, -0.2) is 34.6 Å². The third-order valence-electron chi connectivity index (χ3n) is 3.43. The number of hydrogen-bond donors (Lipinski definition) is 2. The number of nitrogens with zero attached hydrogens (tertiary/aromatic N) is 2. The second kappa shape index (κ2) is 5.26. The summed E-state index contributed by atoms with van der Waals surface area (Å²) in [5.74, 6) is -0.607. The molecule has 0 aliphatic carbocycles. The highest BCUT2D eigenvalue weighted by Gasteiger charge is 2.32. The van der Waals surface area contributed by atoms with E-state index < -0.39 is 17.9 Å². The van der Waals surface area contributed by atoms with Crippen LogP contribution >= 0.6 is 0 Å². The first-order valence-electron chi connectivity index (χ1n) is 6.25. The third-order valence-corrected chi connectivity index (χ3v) is 3.43. The maximum atomic E-state index is 11.3. The molecule has 0 aromatic carbocycles. The Labute approximate surface area is 111 Å². The van der Waals surface area contributed by atoms with E-state index in [0.29, 0.717) is 24.7 Å². The molecule has 2 heterocycles. The molecule has 2 atom stereocenters. The monoisotopic (exact) mass is 263 g/mol. The largest absolute Gasteiger partial charge is 0.480 e. The van der Waals surface area contributed by atoms with Gasteiger partial charge in [0.05, 0.1) is 0 Å². The molecule has 1 aliphatic heterocycles. The third kappa shape index (κ3) is 2.83. The molecule has 2 unspecified atom stereocenters. The summed E-state index contributed by atoms with van der Waals surface area (Å²) in [6.07, 6.45) is 1.49. The number of anilines is 1. The Hall–Kier alpha value is -2.11. The minimum absolute atomic E-state index is 0.153. The van der Waals surface area contributed by atoms with E-state index in [2.05, 4.69) is 4.98 Å². The van der Waals surface area contributed by atoms with Crippen molar-refractivity contribution in [3.8, 4) is 0 Å². The first kappa shape index (κ1) is 13.3. The van der Waals surface area contributed by atoms with Gasteiger partial charge in [-0.15, -0.1) is 0 Å². The summed E-state index contributed by atoms with van der Waals surface area (Å²) in [5.41, 5.74) is 5.35. The molecule has 0 spiro atoms. The maximum Gasteiger partial charge on any atom is 0.326 e. The van der Waals surface area contributed by atoms with Crippen molar-refractivity contribution in [1.29, 1.82) is 0 Å². The van der Waals surface area contributed by atoms with Gasteiger partial charge in [0.15, 0.2) is 0 Å². The van der Waals surface area contributed by atoms with Gasteiger partial charge in [0.2, 0.25) is 0 Å². The standard InChI is InChI=1S/C13H17N3O3/c1-8-5-6-16(10(7-8)13(18)19)11-4-2-3-9(15-11)12(14)17/h2-4,8,10H,5-7H2,1H3,(H2,14,17)(H,18,19). The summed E-state index contributed by atoms with van der Waals surface area (Å²) in [7, 11) is 0. The topological polar surface area (TPSA) is 96.5 Å². The smallest absolute Gasteiger partial charge is 0.326 e. The molecule has 2 rings (SSSR count). The minimum atomic E-state index is -0.863. The lowest BCUT2D eigenvalue weighted by Crippen LogP contribution is -2.47. The molecule has 6 heteroatoms. The lowest BCUT2D eigenvalue weighted by molar-refractivity contribution is -0.139. The van der Waals surface area contributed by atoms with Crippen molar-refractivity contribution in [2.75, 3.05) is 11.4 Å². The van der Waals surface area contributed by atoms with Crippen molar-refractivity contribution in [2.24, 2.45) is 11.7 Å². The van der Waals surface area contributed by atoms with Gasteiger partial charge in [-0.2, -0.15) is 0 Å². The van der Waals surface area contributed by atoms with E-state index in [1.54, 1.807) is 17.0 Å². The number of hydrogen-bond acceptors (Lipinski definition) is 4. The summed E-state index contributed by atoms with van der Waals surface area (Å²) in [4.78, 5) is 28.3. The number of primary amides is 1. The molecule has 1 fully saturated rings. The molecule has 102 valence electrons. The summed E-state index contributed by atoms with van der Waals surface area (Å²) in [6, 6.07) is 4.30. The predicted octanol–water partition coefficient (Wildman–Crippen LogP) is 0.870. The maximum absolute atomic E-state index is 11.3. The highest BCUT2D eigenvalue weighted by atomic mass is 16.4. The molecule has 3 N–H and O–H groups in total. The minimum Gasteiger partial charge on any atom is -0.480 e. The lowest BCUT2D eigenvalue weighted by Gasteiger charge is -2.36. The Morgan fingerprint density at radius 3 is 2.84 bits per heavy atom. The Morgan fingerprint density at radius 2 is 2.21 bits per heavy atom. The van der Waals surface area contributed by atoms with Crippen LogP contribution in [0.15, 0.2) is 18.2 Å². The molecular weight excluding hydrogens is 246 g/mol. The van der Waals surface area contributed by atoms with Crippen molar-refractivity contribution in [3.63, 3.8) is 0 Å². The van der Waals surface area contributed by atoms with Crippen molar-refractivity contribution in [2.45, 2.75) is 25.8 Å². The van der Waals surface area contributed by atoms with E-state index >= 15 is 0 Å². The second-order valence-corrected chi connectivity index (χ2v) is 4.92. The van der Waals surface area contributed by atoms with E-state index in [1.807, 2.05) is 6.92 Å². The number of pyridine rings is 1. The summed E-state index contributed by atoms with van der Waals surface area (Å²) < 4.78 is 0.